The molecule has 2 unspecified atom stereocenters. The second kappa shape index (κ2) is 12.2. The molecule has 1 saturated carbocycles. The van der Waals surface area contributed by atoms with Gasteiger partial charge >= 0.3 is 0 Å². The Labute approximate surface area is 280 Å². The molecular formula is C38H41N7O3. The standard InChI is InChI=1S/C38H41N7O3/c1-23-3-5-25(6-4-23)35-43-44-36(48-35)38(15-16-42-21-33(46)45-22-37(13-14-37)19-30(45)20-39)31-11-9-26(24(2)40)17-27(31)7-8-28-18-29(34(41)47)10-12-32(28)38/h3,5,9-12,17-18,30,42H,2,4,6-8,13-16,19,21-22,40H2,1H3,(H2,41,47). The number of rotatable bonds is 9. The zero-order valence-corrected chi connectivity index (χ0v) is 27.3. The molecule has 1 saturated heterocycles. The van der Waals surface area contributed by atoms with Crippen molar-refractivity contribution < 1.29 is 14.0 Å². The van der Waals surface area contributed by atoms with Crippen LogP contribution in [-0.4, -0.2) is 52.6 Å². The van der Waals surface area contributed by atoms with Crippen molar-refractivity contribution in [3.8, 4) is 6.07 Å². The highest BCUT2D eigenvalue weighted by molar-refractivity contribution is 5.93. The van der Waals surface area contributed by atoms with Gasteiger partial charge in [-0.15, -0.1) is 10.2 Å². The summed E-state index contributed by atoms with van der Waals surface area (Å²) >= 11 is 0. The van der Waals surface area contributed by atoms with Crippen molar-refractivity contribution in [1.29, 1.82) is 5.26 Å². The molecule has 2 fully saturated rings. The van der Waals surface area contributed by atoms with Crippen molar-refractivity contribution >= 4 is 23.1 Å². The maximum atomic E-state index is 13.4. The van der Waals surface area contributed by atoms with Gasteiger partial charge in [-0.3, -0.25) is 9.59 Å². The topological polar surface area (TPSA) is 164 Å². The van der Waals surface area contributed by atoms with E-state index in [1.165, 1.54) is 5.57 Å². The molecule has 10 nitrogen and oxygen atoms in total. The fourth-order valence-electron chi connectivity index (χ4n) is 7.80. The molecule has 246 valence electrons. The fourth-order valence-corrected chi connectivity index (χ4v) is 7.80. The number of hydrogen-bond acceptors (Lipinski definition) is 8. The highest BCUT2D eigenvalue weighted by atomic mass is 16.4. The number of hydrogen-bond donors (Lipinski definition) is 3. The Morgan fingerprint density at radius 3 is 2.38 bits per heavy atom. The molecule has 7 rings (SSSR count). The third kappa shape index (κ3) is 5.62. The number of benzene rings is 2. The summed E-state index contributed by atoms with van der Waals surface area (Å²) in [6.07, 6.45) is 10.6. The van der Waals surface area contributed by atoms with Crippen LogP contribution in [0.1, 0.15) is 95.4 Å². The van der Waals surface area contributed by atoms with Crippen molar-refractivity contribution in [3.05, 3.63) is 106 Å². The second-order valence-electron chi connectivity index (χ2n) is 14.0. The van der Waals surface area contributed by atoms with Gasteiger partial charge in [0.1, 0.15) is 11.5 Å². The molecule has 2 atom stereocenters. The molecule has 0 radical (unpaired) electrons. The van der Waals surface area contributed by atoms with Crippen molar-refractivity contribution in [2.75, 3.05) is 19.6 Å². The summed E-state index contributed by atoms with van der Waals surface area (Å²) in [5, 5.41) is 22.4. The van der Waals surface area contributed by atoms with Crippen LogP contribution in [0.15, 0.2) is 65.1 Å². The Balaban J connectivity index is 1.29. The molecule has 1 spiro atoms. The van der Waals surface area contributed by atoms with Crippen LogP contribution in [0.2, 0.25) is 0 Å². The largest absolute Gasteiger partial charge is 0.420 e. The summed E-state index contributed by atoms with van der Waals surface area (Å²) in [5.74, 6) is 0.360. The summed E-state index contributed by atoms with van der Waals surface area (Å²) < 4.78 is 6.65. The minimum atomic E-state index is -0.922. The van der Waals surface area contributed by atoms with Crippen LogP contribution in [-0.2, 0) is 23.1 Å². The Morgan fingerprint density at radius 1 is 1.04 bits per heavy atom. The molecule has 10 heteroatoms. The molecule has 1 aromatic heterocycles. The molecule has 3 aromatic rings. The normalized spacial score (nSPS) is 22.2. The smallest absolute Gasteiger partial charge is 0.248 e. The van der Waals surface area contributed by atoms with Gasteiger partial charge in [-0.05, 0) is 116 Å². The number of nitrogens with zero attached hydrogens (tertiary/aromatic N) is 4. The lowest BCUT2D eigenvalue weighted by molar-refractivity contribution is -0.130. The molecule has 5 N–H and O–H groups in total. The summed E-state index contributed by atoms with van der Waals surface area (Å²) in [6, 6.07) is 13.7. The lowest BCUT2D eigenvalue weighted by atomic mass is 9.69. The van der Waals surface area contributed by atoms with Gasteiger partial charge in [0, 0.05) is 23.4 Å². The lowest BCUT2D eigenvalue weighted by Gasteiger charge is -2.34. The number of carbonyl (C=O) groups is 2. The SMILES string of the molecule is C=C(N)c1ccc2c(c1)CCc1cc(C(N)=O)ccc1C2(CCNCC(=O)N1CC2(CC2)CC1C#N)c1nnc(C2=CC=C(C)CC2)o1. The maximum absolute atomic E-state index is 13.4. The first kappa shape index (κ1) is 31.6. The Bertz CT molecular complexity index is 1860. The van der Waals surface area contributed by atoms with E-state index < -0.39 is 11.3 Å². The molecule has 4 aliphatic rings. The minimum absolute atomic E-state index is 0.0640. The quantitative estimate of drug-likeness (QED) is 0.286. The average Bonchev–Trinajstić information content (AvgIpc) is 3.51. The van der Waals surface area contributed by atoms with Crippen LogP contribution < -0.4 is 16.8 Å². The summed E-state index contributed by atoms with van der Waals surface area (Å²) in [7, 11) is 0. The number of aryl methyl sites for hydroxylation is 2. The zero-order chi connectivity index (χ0) is 33.6. The Hall–Kier alpha value is -5.01. The number of carbonyl (C=O) groups excluding carboxylic acids is 2. The monoisotopic (exact) mass is 643 g/mol. The number of amides is 2. The van der Waals surface area contributed by atoms with E-state index in [-0.39, 0.29) is 23.9 Å². The second-order valence-corrected chi connectivity index (χ2v) is 14.0. The van der Waals surface area contributed by atoms with Gasteiger partial charge in [-0.1, -0.05) is 42.5 Å². The molecule has 48 heavy (non-hydrogen) atoms. The van der Waals surface area contributed by atoms with Crippen molar-refractivity contribution in [1.82, 2.24) is 20.4 Å². The highest BCUT2D eigenvalue weighted by Gasteiger charge is 2.53. The van der Waals surface area contributed by atoms with Crippen molar-refractivity contribution in [2.45, 2.75) is 69.7 Å². The Kier molecular flexibility index (Phi) is 8.04. The van der Waals surface area contributed by atoms with E-state index in [0.717, 1.165) is 65.5 Å². The van der Waals surface area contributed by atoms with Gasteiger partial charge in [0.2, 0.25) is 23.6 Å². The molecule has 2 heterocycles. The minimum Gasteiger partial charge on any atom is -0.420 e. The van der Waals surface area contributed by atoms with E-state index in [4.69, 9.17) is 21.0 Å². The lowest BCUT2D eigenvalue weighted by Crippen LogP contribution is -2.42. The predicted octanol–water partition coefficient (Wildman–Crippen LogP) is 4.54. The number of primary amides is 1. The summed E-state index contributed by atoms with van der Waals surface area (Å²) in [5.41, 5.74) is 19.1. The summed E-state index contributed by atoms with van der Waals surface area (Å²) in [4.78, 5) is 27.4. The van der Waals surface area contributed by atoms with E-state index in [0.29, 0.717) is 55.4 Å². The van der Waals surface area contributed by atoms with Crippen LogP contribution in [0.25, 0.3) is 11.3 Å². The van der Waals surface area contributed by atoms with Crippen LogP contribution in [0.3, 0.4) is 0 Å². The number of nitrogens with one attached hydrogen (secondary N) is 1. The number of fused-ring (bicyclic) bond motifs is 2. The zero-order valence-electron chi connectivity index (χ0n) is 27.3. The molecule has 2 aromatic carbocycles. The first-order valence-corrected chi connectivity index (χ1v) is 16.7. The van der Waals surface area contributed by atoms with Crippen molar-refractivity contribution in [2.24, 2.45) is 16.9 Å². The van der Waals surface area contributed by atoms with Crippen molar-refractivity contribution in [3.63, 3.8) is 0 Å². The van der Waals surface area contributed by atoms with Gasteiger partial charge in [-0.25, -0.2) is 0 Å². The molecule has 2 amide bonds. The number of likely N-dealkylation sites (tertiary alicyclic amines) is 1. The van der Waals surface area contributed by atoms with E-state index in [9.17, 15) is 14.9 Å². The number of nitrogens with two attached hydrogens (primary N) is 2. The van der Waals surface area contributed by atoms with Crippen LogP contribution in [0.4, 0.5) is 0 Å². The third-order valence-electron chi connectivity index (χ3n) is 10.8. The van der Waals surface area contributed by atoms with Crippen LogP contribution in [0, 0.1) is 16.7 Å². The molecule has 3 aliphatic carbocycles. The van der Waals surface area contributed by atoms with Crippen LogP contribution in [0.5, 0.6) is 0 Å². The third-order valence-corrected chi connectivity index (χ3v) is 10.8. The van der Waals surface area contributed by atoms with E-state index >= 15 is 0 Å². The Morgan fingerprint density at radius 2 is 1.75 bits per heavy atom. The number of allylic oxidation sites excluding steroid dienone is 4. The van der Waals surface area contributed by atoms with E-state index in [2.05, 4.69) is 48.2 Å². The van der Waals surface area contributed by atoms with Crippen LogP contribution >= 0.6 is 0 Å². The highest BCUT2D eigenvalue weighted by Crippen LogP contribution is 2.54. The fraction of sp³-hybridized carbons (Fsp3) is 0.395. The molecular weight excluding hydrogens is 602 g/mol. The maximum Gasteiger partial charge on any atom is 0.248 e. The first-order valence-electron chi connectivity index (χ1n) is 16.7. The van der Waals surface area contributed by atoms with Gasteiger partial charge in [-0.2, -0.15) is 5.26 Å². The van der Waals surface area contributed by atoms with E-state index in [1.54, 1.807) is 11.0 Å². The summed E-state index contributed by atoms with van der Waals surface area (Å²) in [6.45, 7) is 7.28. The number of nitriles is 1. The molecule has 1 aliphatic heterocycles. The van der Waals surface area contributed by atoms with Gasteiger partial charge in [0.25, 0.3) is 0 Å². The molecule has 0 bridgehead atoms. The van der Waals surface area contributed by atoms with Gasteiger partial charge < -0.3 is 26.1 Å². The van der Waals surface area contributed by atoms with Gasteiger partial charge in [0.15, 0.2) is 0 Å². The average molecular weight is 644 g/mol. The number of aromatic nitrogens is 2. The van der Waals surface area contributed by atoms with E-state index in [1.807, 2.05) is 24.3 Å². The predicted molar refractivity (Wildman–Crippen MR) is 182 cm³/mol. The first-order chi connectivity index (χ1) is 23.1. The van der Waals surface area contributed by atoms with Gasteiger partial charge in [0.05, 0.1) is 12.6 Å².